The summed E-state index contributed by atoms with van der Waals surface area (Å²) in [4.78, 5) is 26.4. The van der Waals surface area contributed by atoms with Crippen LogP contribution in [0.4, 0.5) is 0 Å². The van der Waals surface area contributed by atoms with Gasteiger partial charge in [0.2, 0.25) is 6.41 Å². The summed E-state index contributed by atoms with van der Waals surface area (Å²) in [6, 6.07) is 0. The highest BCUT2D eigenvalue weighted by Crippen LogP contribution is 2.12. The molecule has 2 unspecified atom stereocenters. The smallest absolute Gasteiger partial charge is 0.211 e. The van der Waals surface area contributed by atoms with Gasteiger partial charge in [0.15, 0.2) is 0 Å². The van der Waals surface area contributed by atoms with Crippen LogP contribution in [-0.4, -0.2) is 59.5 Å². The molecule has 2 bridgehead atoms. The predicted octanol–water partition coefficient (Wildman–Crippen LogP) is -1.15. The van der Waals surface area contributed by atoms with Crippen molar-refractivity contribution < 1.29 is 4.79 Å². The zero-order valence-electron chi connectivity index (χ0n) is 7.17. The van der Waals surface area contributed by atoms with Gasteiger partial charge < -0.3 is 4.90 Å². The Morgan fingerprint density at radius 3 is 2.08 bits per heavy atom. The minimum absolute atomic E-state index is 0.504. The quantitative estimate of drug-likeness (QED) is 0.401. The molecule has 2 fully saturated rings. The Hall–Kier alpha value is -1.21. The van der Waals surface area contributed by atoms with E-state index in [1.165, 1.54) is 5.01 Å². The average Bonchev–Trinajstić information content (AvgIpc) is 2.16. The number of rotatable bonds is 2. The lowest BCUT2D eigenvalue weighted by Gasteiger charge is -2.46. The molecule has 1 amide bonds. The van der Waals surface area contributed by atoms with Gasteiger partial charge in [-0.15, -0.1) is 4.91 Å². The van der Waals surface area contributed by atoms with E-state index in [9.17, 15) is 9.70 Å². The van der Waals surface area contributed by atoms with Crippen LogP contribution in [0.1, 0.15) is 0 Å². The van der Waals surface area contributed by atoms with Crippen LogP contribution >= 0.6 is 0 Å². The van der Waals surface area contributed by atoms with Crippen molar-refractivity contribution in [3.63, 3.8) is 0 Å². The summed E-state index contributed by atoms with van der Waals surface area (Å²) in [5.74, 6) is 0. The van der Waals surface area contributed by atoms with Gasteiger partial charge in [-0.25, -0.2) is 5.01 Å². The second-order valence-corrected chi connectivity index (χ2v) is 3.33. The molecule has 0 spiro atoms. The number of nitrogens with zero attached hydrogens (tertiary/aromatic N) is 5. The monoisotopic (exact) mass is 185 g/mol. The number of fused-ring (bicyclic) bond motifs is 2. The van der Waals surface area contributed by atoms with Crippen LogP contribution < -0.4 is 0 Å². The molecule has 7 nitrogen and oxygen atoms in total. The summed E-state index contributed by atoms with van der Waals surface area (Å²) >= 11 is 0. The number of carbonyl (C=O) groups excluding carboxylic acids is 1. The van der Waals surface area contributed by atoms with E-state index in [-0.39, 0.29) is 0 Å². The lowest BCUT2D eigenvalue weighted by Crippen LogP contribution is -2.62. The summed E-state index contributed by atoms with van der Waals surface area (Å²) in [7, 11) is 0. The van der Waals surface area contributed by atoms with Gasteiger partial charge in [-0.2, -0.15) is 0 Å². The van der Waals surface area contributed by atoms with Crippen LogP contribution in [0.15, 0.2) is 5.29 Å². The average molecular weight is 185 g/mol. The SMILES string of the molecule is O=CN1CN2CN(C1)CN(N=O)C2. The van der Waals surface area contributed by atoms with E-state index in [1.807, 2.05) is 9.80 Å². The van der Waals surface area contributed by atoms with Gasteiger partial charge >= 0.3 is 0 Å². The van der Waals surface area contributed by atoms with E-state index < -0.39 is 0 Å². The van der Waals surface area contributed by atoms with Crippen LogP contribution in [0.2, 0.25) is 0 Å². The molecule has 0 aromatic rings. The molecule has 2 aliphatic rings. The van der Waals surface area contributed by atoms with Crippen LogP contribution in [0.3, 0.4) is 0 Å². The fourth-order valence-electron chi connectivity index (χ4n) is 1.73. The minimum atomic E-state index is 0.504. The van der Waals surface area contributed by atoms with Gasteiger partial charge in [-0.1, -0.05) is 0 Å². The highest BCUT2D eigenvalue weighted by atomic mass is 16.3. The number of nitroso groups, excluding NO2 is 1. The Bertz CT molecular complexity index is 189. The lowest BCUT2D eigenvalue weighted by atomic mass is 10.5. The molecular formula is C6H11N5O2. The van der Waals surface area contributed by atoms with Crippen molar-refractivity contribution in [2.45, 2.75) is 0 Å². The van der Waals surface area contributed by atoms with Crippen molar-refractivity contribution in [3.8, 4) is 0 Å². The number of amides is 1. The van der Waals surface area contributed by atoms with E-state index in [0.717, 1.165) is 13.1 Å². The molecule has 2 rings (SSSR count). The molecule has 0 aromatic heterocycles. The Morgan fingerprint density at radius 1 is 1.00 bits per heavy atom. The number of hydrogen-bond acceptors (Lipinski definition) is 5. The molecule has 0 N–H and O–H groups in total. The largest absolute Gasteiger partial charge is 0.319 e. The molecule has 2 saturated heterocycles. The highest BCUT2D eigenvalue weighted by molar-refractivity contribution is 5.46. The van der Waals surface area contributed by atoms with Gasteiger partial charge in [0.05, 0.1) is 38.6 Å². The number of hydrogen-bond donors (Lipinski definition) is 0. The predicted molar refractivity (Wildman–Crippen MR) is 43.6 cm³/mol. The second-order valence-electron chi connectivity index (χ2n) is 3.33. The third-order valence-electron chi connectivity index (χ3n) is 2.15. The molecule has 0 aliphatic carbocycles. The summed E-state index contributed by atoms with van der Waals surface area (Å²) in [6.07, 6.45) is 0.823. The third kappa shape index (κ3) is 1.61. The van der Waals surface area contributed by atoms with Crippen molar-refractivity contribution in [1.29, 1.82) is 0 Å². The molecule has 2 atom stereocenters. The first-order chi connectivity index (χ1) is 6.31. The Morgan fingerprint density at radius 2 is 1.62 bits per heavy atom. The van der Waals surface area contributed by atoms with Crippen LogP contribution in [0.25, 0.3) is 0 Å². The maximum Gasteiger partial charge on any atom is 0.211 e. The first-order valence-corrected chi connectivity index (χ1v) is 4.04. The van der Waals surface area contributed by atoms with Crippen molar-refractivity contribution >= 4 is 6.41 Å². The van der Waals surface area contributed by atoms with Gasteiger partial charge in [0.25, 0.3) is 0 Å². The van der Waals surface area contributed by atoms with Gasteiger partial charge in [0.1, 0.15) is 0 Å². The summed E-state index contributed by atoms with van der Waals surface area (Å²) in [5.41, 5.74) is 0. The molecule has 2 heterocycles. The van der Waals surface area contributed by atoms with Gasteiger partial charge in [-0.05, 0) is 0 Å². The van der Waals surface area contributed by atoms with E-state index in [2.05, 4.69) is 5.29 Å². The van der Waals surface area contributed by atoms with Crippen LogP contribution in [-0.2, 0) is 4.79 Å². The van der Waals surface area contributed by atoms with Crippen molar-refractivity contribution in [1.82, 2.24) is 19.7 Å². The lowest BCUT2D eigenvalue weighted by molar-refractivity contribution is -0.145. The topological polar surface area (TPSA) is 59.5 Å². The minimum Gasteiger partial charge on any atom is -0.319 e. The normalized spacial score (nSPS) is 32.9. The first-order valence-electron chi connectivity index (χ1n) is 4.04. The first kappa shape index (κ1) is 8.39. The molecule has 0 radical (unpaired) electrons. The maximum atomic E-state index is 10.5. The second kappa shape index (κ2) is 3.27. The van der Waals surface area contributed by atoms with Crippen molar-refractivity contribution in [3.05, 3.63) is 4.91 Å². The number of carbonyl (C=O) groups is 1. The van der Waals surface area contributed by atoms with Gasteiger partial charge in [0, 0.05) is 0 Å². The molecule has 72 valence electrons. The van der Waals surface area contributed by atoms with E-state index in [1.54, 1.807) is 4.90 Å². The molecule has 2 aliphatic heterocycles. The zero-order valence-corrected chi connectivity index (χ0v) is 7.17. The summed E-state index contributed by atoms with van der Waals surface area (Å²) < 4.78 is 0. The Labute approximate surface area is 75.4 Å². The van der Waals surface area contributed by atoms with Gasteiger partial charge in [-0.3, -0.25) is 14.6 Å². The van der Waals surface area contributed by atoms with E-state index in [4.69, 9.17) is 0 Å². The summed E-state index contributed by atoms with van der Waals surface area (Å²) in [5, 5.41) is 4.31. The Balaban J connectivity index is 2.00. The van der Waals surface area contributed by atoms with Crippen LogP contribution in [0.5, 0.6) is 0 Å². The van der Waals surface area contributed by atoms with E-state index in [0.29, 0.717) is 26.7 Å². The summed E-state index contributed by atoms with van der Waals surface area (Å²) in [6.45, 7) is 2.96. The zero-order chi connectivity index (χ0) is 9.26. The molecule has 0 aromatic carbocycles. The molecule has 13 heavy (non-hydrogen) atoms. The maximum absolute atomic E-state index is 10.5. The fourth-order valence-corrected chi connectivity index (χ4v) is 1.73. The molecule has 7 heteroatoms. The van der Waals surface area contributed by atoms with Crippen LogP contribution in [0, 0.1) is 4.91 Å². The molecular weight excluding hydrogens is 174 g/mol. The third-order valence-corrected chi connectivity index (χ3v) is 2.15. The standard InChI is InChI=1S/C6H11N5O2/c12-6-10-2-8-1-9(3-10)5-11(4-8)7-13/h6H,1-5H2. The highest BCUT2D eigenvalue weighted by Gasteiger charge is 2.29. The van der Waals surface area contributed by atoms with E-state index >= 15 is 0 Å². The van der Waals surface area contributed by atoms with Crippen molar-refractivity contribution in [2.24, 2.45) is 5.29 Å². The molecule has 0 saturated carbocycles. The van der Waals surface area contributed by atoms with Crippen molar-refractivity contribution in [2.75, 3.05) is 33.3 Å². The Kier molecular flexibility index (Phi) is 2.11. The fraction of sp³-hybridized carbons (Fsp3) is 0.833.